The number of amides is 2. The Morgan fingerprint density at radius 1 is 1.06 bits per heavy atom. The second-order valence-electron chi connectivity index (χ2n) is 7.46. The summed E-state index contributed by atoms with van der Waals surface area (Å²) >= 11 is 0. The topological polar surface area (TPSA) is 93.1 Å². The van der Waals surface area contributed by atoms with Gasteiger partial charge in [-0.2, -0.15) is 18.3 Å². The summed E-state index contributed by atoms with van der Waals surface area (Å²) in [6, 6.07) is 11.8. The summed E-state index contributed by atoms with van der Waals surface area (Å²) in [6.45, 7) is 4.56. The Morgan fingerprint density at radius 3 is 2.42 bits per heavy atom. The standard InChI is InChI=1S/C23H21F3N4O3/c1-13-10-20(32)21(29-30(13)19-9-5-7-17(12-19)23(24,25)26)22(33)27-14(2)16-6-4-8-18(11-16)28-15(3)31/h4-12,14H,1-3H3,(H,27,33)(H,28,31). The minimum Gasteiger partial charge on any atom is -0.344 e. The molecule has 0 saturated heterocycles. The highest BCUT2D eigenvalue weighted by Crippen LogP contribution is 2.30. The van der Waals surface area contributed by atoms with Gasteiger partial charge in [-0.05, 0) is 49.7 Å². The first-order chi connectivity index (χ1) is 15.5. The maximum atomic E-state index is 13.1. The Labute approximate surface area is 187 Å². The number of hydrogen-bond donors (Lipinski definition) is 2. The van der Waals surface area contributed by atoms with E-state index in [1.54, 1.807) is 31.2 Å². The van der Waals surface area contributed by atoms with Crippen LogP contribution in [0.15, 0.2) is 59.4 Å². The van der Waals surface area contributed by atoms with Gasteiger partial charge in [-0.15, -0.1) is 0 Å². The molecule has 10 heteroatoms. The predicted molar refractivity (Wildman–Crippen MR) is 116 cm³/mol. The molecule has 1 atom stereocenters. The van der Waals surface area contributed by atoms with Crippen LogP contribution in [0, 0.1) is 6.92 Å². The van der Waals surface area contributed by atoms with Crippen molar-refractivity contribution in [3.8, 4) is 5.69 Å². The number of anilines is 1. The van der Waals surface area contributed by atoms with Gasteiger partial charge in [0.25, 0.3) is 5.91 Å². The first kappa shape index (κ1) is 23.7. The number of rotatable bonds is 5. The van der Waals surface area contributed by atoms with Crippen LogP contribution >= 0.6 is 0 Å². The molecule has 0 aliphatic heterocycles. The molecule has 0 aliphatic rings. The van der Waals surface area contributed by atoms with Gasteiger partial charge in [0.05, 0.1) is 17.3 Å². The molecular formula is C23H21F3N4O3. The normalized spacial score (nSPS) is 12.2. The highest BCUT2D eigenvalue weighted by molar-refractivity contribution is 5.92. The molecule has 0 saturated carbocycles. The molecule has 2 amide bonds. The minimum atomic E-state index is -4.55. The lowest BCUT2D eigenvalue weighted by atomic mass is 10.1. The van der Waals surface area contributed by atoms with Gasteiger partial charge in [0, 0.05) is 24.4 Å². The third-order valence-electron chi connectivity index (χ3n) is 4.80. The van der Waals surface area contributed by atoms with Crippen LogP contribution in [-0.2, 0) is 11.0 Å². The van der Waals surface area contributed by atoms with Gasteiger partial charge in [-0.25, -0.2) is 4.68 Å². The van der Waals surface area contributed by atoms with Crippen LogP contribution in [-0.4, -0.2) is 21.6 Å². The third-order valence-corrected chi connectivity index (χ3v) is 4.80. The van der Waals surface area contributed by atoms with Crippen LogP contribution in [0.5, 0.6) is 0 Å². The molecule has 33 heavy (non-hydrogen) atoms. The van der Waals surface area contributed by atoms with Gasteiger partial charge in [0.1, 0.15) is 0 Å². The lowest BCUT2D eigenvalue weighted by Crippen LogP contribution is -2.33. The Bertz CT molecular complexity index is 1270. The Kier molecular flexibility index (Phi) is 6.66. The van der Waals surface area contributed by atoms with E-state index in [0.717, 1.165) is 22.9 Å². The van der Waals surface area contributed by atoms with Crippen LogP contribution in [0.1, 0.15) is 47.2 Å². The van der Waals surface area contributed by atoms with E-state index in [1.807, 2.05) is 0 Å². The van der Waals surface area contributed by atoms with Crippen molar-refractivity contribution in [3.05, 3.63) is 87.3 Å². The Morgan fingerprint density at radius 2 is 1.76 bits per heavy atom. The zero-order chi connectivity index (χ0) is 24.3. The van der Waals surface area contributed by atoms with Crippen LogP contribution in [0.2, 0.25) is 0 Å². The summed E-state index contributed by atoms with van der Waals surface area (Å²) in [6.07, 6.45) is -4.55. The molecule has 7 nitrogen and oxygen atoms in total. The van der Waals surface area contributed by atoms with Crippen LogP contribution in [0.4, 0.5) is 18.9 Å². The van der Waals surface area contributed by atoms with Crippen molar-refractivity contribution < 1.29 is 22.8 Å². The molecule has 2 N–H and O–H groups in total. The van der Waals surface area contributed by atoms with Gasteiger partial charge in [0.15, 0.2) is 5.69 Å². The van der Waals surface area contributed by atoms with Crippen molar-refractivity contribution in [1.82, 2.24) is 15.1 Å². The van der Waals surface area contributed by atoms with Crippen molar-refractivity contribution in [2.45, 2.75) is 33.0 Å². The quantitative estimate of drug-likeness (QED) is 0.604. The summed E-state index contributed by atoms with van der Waals surface area (Å²) in [5, 5.41) is 9.34. The monoisotopic (exact) mass is 458 g/mol. The number of carbonyl (C=O) groups excluding carboxylic acids is 2. The molecule has 0 fully saturated rings. The zero-order valence-corrected chi connectivity index (χ0v) is 18.0. The summed E-state index contributed by atoms with van der Waals surface area (Å²) < 4.78 is 40.4. The number of nitrogens with one attached hydrogen (secondary N) is 2. The van der Waals surface area contributed by atoms with E-state index in [2.05, 4.69) is 15.7 Å². The number of hydrogen-bond acceptors (Lipinski definition) is 4. The number of benzene rings is 2. The van der Waals surface area contributed by atoms with E-state index in [-0.39, 0.29) is 17.3 Å². The van der Waals surface area contributed by atoms with Crippen molar-refractivity contribution in [1.29, 1.82) is 0 Å². The van der Waals surface area contributed by atoms with Crippen molar-refractivity contribution in [2.24, 2.45) is 0 Å². The molecule has 2 aromatic carbocycles. The largest absolute Gasteiger partial charge is 0.416 e. The molecule has 0 radical (unpaired) electrons. The van der Waals surface area contributed by atoms with Gasteiger partial charge >= 0.3 is 6.18 Å². The average Bonchev–Trinajstić information content (AvgIpc) is 2.73. The predicted octanol–water partition coefficient (Wildman–Crippen LogP) is 4.01. The fourth-order valence-corrected chi connectivity index (χ4v) is 3.22. The van der Waals surface area contributed by atoms with Crippen LogP contribution in [0.25, 0.3) is 5.69 Å². The number of halogens is 3. The van der Waals surface area contributed by atoms with E-state index in [4.69, 9.17) is 0 Å². The maximum Gasteiger partial charge on any atom is 0.416 e. The van der Waals surface area contributed by atoms with Gasteiger partial charge in [0.2, 0.25) is 11.3 Å². The highest BCUT2D eigenvalue weighted by atomic mass is 19.4. The van der Waals surface area contributed by atoms with Gasteiger partial charge < -0.3 is 10.6 Å². The molecular weight excluding hydrogens is 437 g/mol. The minimum absolute atomic E-state index is 0.0624. The second kappa shape index (κ2) is 9.27. The van der Waals surface area contributed by atoms with E-state index in [0.29, 0.717) is 11.3 Å². The molecule has 1 aromatic heterocycles. The second-order valence-corrected chi connectivity index (χ2v) is 7.46. The number of nitrogens with zero attached hydrogens (tertiary/aromatic N) is 2. The van der Waals surface area contributed by atoms with E-state index in [9.17, 15) is 27.6 Å². The summed E-state index contributed by atoms with van der Waals surface area (Å²) in [5.74, 6) is -1.03. The van der Waals surface area contributed by atoms with Crippen LogP contribution < -0.4 is 16.1 Å². The first-order valence-corrected chi connectivity index (χ1v) is 9.92. The first-order valence-electron chi connectivity index (χ1n) is 9.92. The summed E-state index contributed by atoms with van der Waals surface area (Å²) in [4.78, 5) is 36.5. The van der Waals surface area contributed by atoms with Crippen LogP contribution in [0.3, 0.4) is 0 Å². The number of aryl methyl sites for hydroxylation is 1. The van der Waals surface area contributed by atoms with Gasteiger partial charge in [-0.1, -0.05) is 18.2 Å². The van der Waals surface area contributed by atoms with Crippen molar-refractivity contribution in [2.75, 3.05) is 5.32 Å². The fourth-order valence-electron chi connectivity index (χ4n) is 3.22. The summed E-state index contributed by atoms with van der Waals surface area (Å²) in [7, 11) is 0. The molecule has 3 rings (SSSR count). The highest BCUT2D eigenvalue weighted by Gasteiger charge is 2.30. The molecule has 1 unspecified atom stereocenters. The average molecular weight is 458 g/mol. The van der Waals surface area contributed by atoms with E-state index in [1.165, 1.54) is 26.0 Å². The zero-order valence-electron chi connectivity index (χ0n) is 18.0. The Hall–Kier alpha value is -3.95. The van der Waals surface area contributed by atoms with Gasteiger partial charge in [-0.3, -0.25) is 14.4 Å². The molecule has 172 valence electrons. The molecule has 1 heterocycles. The Balaban J connectivity index is 1.90. The van der Waals surface area contributed by atoms with Crippen molar-refractivity contribution >= 4 is 17.5 Å². The molecule has 0 spiro atoms. The number of alkyl halides is 3. The third kappa shape index (κ3) is 5.65. The molecule has 0 bridgehead atoms. The van der Waals surface area contributed by atoms with Crippen molar-refractivity contribution in [3.63, 3.8) is 0 Å². The maximum absolute atomic E-state index is 13.1. The molecule has 3 aromatic rings. The van der Waals surface area contributed by atoms with E-state index < -0.39 is 34.8 Å². The lowest BCUT2D eigenvalue weighted by molar-refractivity contribution is -0.137. The SMILES string of the molecule is CC(=O)Nc1cccc(C(C)NC(=O)c2nn(-c3cccc(C(F)(F)F)c3)c(C)cc2=O)c1. The smallest absolute Gasteiger partial charge is 0.344 e. The number of carbonyl (C=O) groups is 2. The lowest BCUT2D eigenvalue weighted by Gasteiger charge is -2.16. The molecule has 0 aliphatic carbocycles. The van der Waals surface area contributed by atoms with E-state index >= 15 is 0 Å². The fraction of sp³-hybridized carbons (Fsp3) is 0.217. The number of aromatic nitrogens is 2. The summed E-state index contributed by atoms with van der Waals surface area (Å²) in [5.41, 5.74) is -0.449.